The Kier molecular flexibility index (Phi) is 2.80. The molecule has 0 spiro atoms. The first-order valence-electron chi connectivity index (χ1n) is 4.66. The maximum absolute atomic E-state index is 8.98. The summed E-state index contributed by atoms with van der Waals surface area (Å²) in [6.07, 6.45) is 1.82. The van der Waals surface area contributed by atoms with Gasteiger partial charge in [-0.2, -0.15) is 10.4 Å². The van der Waals surface area contributed by atoms with Crippen molar-refractivity contribution in [1.82, 2.24) is 9.78 Å². The molecular formula is C11H9ClN4. The van der Waals surface area contributed by atoms with Crippen LogP contribution in [0.2, 0.25) is 5.02 Å². The van der Waals surface area contributed by atoms with Crippen LogP contribution >= 0.6 is 11.6 Å². The summed E-state index contributed by atoms with van der Waals surface area (Å²) in [4.78, 5) is 0. The second-order valence-electron chi connectivity index (χ2n) is 3.27. The van der Waals surface area contributed by atoms with Gasteiger partial charge in [0.15, 0.2) is 5.82 Å². The number of anilines is 2. The number of aryl methyl sites for hydroxylation is 1. The highest BCUT2D eigenvalue weighted by molar-refractivity contribution is 6.32. The van der Waals surface area contributed by atoms with Gasteiger partial charge in [-0.15, -0.1) is 0 Å². The van der Waals surface area contributed by atoms with E-state index in [4.69, 9.17) is 16.9 Å². The van der Waals surface area contributed by atoms with Gasteiger partial charge >= 0.3 is 0 Å². The zero-order valence-electron chi connectivity index (χ0n) is 8.61. The summed E-state index contributed by atoms with van der Waals surface area (Å²) in [5.41, 5.74) is 1.09. The summed E-state index contributed by atoms with van der Waals surface area (Å²) < 4.78 is 1.68. The Hall–Kier alpha value is -1.99. The predicted molar refractivity (Wildman–Crippen MR) is 62.7 cm³/mol. The van der Waals surface area contributed by atoms with Crippen molar-refractivity contribution in [3.05, 3.63) is 41.0 Å². The molecule has 0 unspecified atom stereocenters. The lowest BCUT2D eigenvalue weighted by Gasteiger charge is -2.05. The fourth-order valence-electron chi connectivity index (χ4n) is 1.36. The van der Waals surface area contributed by atoms with Gasteiger partial charge in [0.25, 0.3) is 0 Å². The standard InChI is InChI=1S/C11H9ClN4/c1-16-6-5-11(15-16)14-10-4-2-3-9(12)8(10)7-13/h2-6H,1H3,(H,14,15). The zero-order chi connectivity index (χ0) is 11.5. The Bertz CT molecular complexity index is 553. The third-order valence-electron chi connectivity index (χ3n) is 2.10. The molecule has 1 aromatic heterocycles. The zero-order valence-corrected chi connectivity index (χ0v) is 9.36. The first-order valence-corrected chi connectivity index (χ1v) is 5.04. The topological polar surface area (TPSA) is 53.6 Å². The third-order valence-corrected chi connectivity index (χ3v) is 2.42. The first-order chi connectivity index (χ1) is 7.70. The van der Waals surface area contributed by atoms with Gasteiger partial charge in [-0.05, 0) is 12.1 Å². The van der Waals surface area contributed by atoms with Gasteiger partial charge in [-0.1, -0.05) is 17.7 Å². The van der Waals surface area contributed by atoms with Crippen molar-refractivity contribution < 1.29 is 0 Å². The normalized spacial score (nSPS) is 9.81. The van der Waals surface area contributed by atoms with Crippen molar-refractivity contribution in [3.63, 3.8) is 0 Å². The van der Waals surface area contributed by atoms with Gasteiger partial charge in [0.1, 0.15) is 6.07 Å². The van der Waals surface area contributed by atoms with Gasteiger partial charge < -0.3 is 5.32 Å². The van der Waals surface area contributed by atoms with E-state index in [1.54, 1.807) is 22.9 Å². The molecule has 0 bridgehead atoms. The number of benzene rings is 1. The molecule has 0 radical (unpaired) electrons. The minimum Gasteiger partial charge on any atom is -0.338 e. The summed E-state index contributed by atoms with van der Waals surface area (Å²) in [6.45, 7) is 0. The number of aromatic nitrogens is 2. The van der Waals surface area contributed by atoms with Crippen LogP contribution in [0.5, 0.6) is 0 Å². The van der Waals surface area contributed by atoms with Crippen LogP contribution in [-0.4, -0.2) is 9.78 Å². The van der Waals surface area contributed by atoms with E-state index < -0.39 is 0 Å². The molecule has 0 saturated heterocycles. The van der Waals surface area contributed by atoms with Crippen LogP contribution in [0, 0.1) is 11.3 Å². The minimum absolute atomic E-state index is 0.426. The molecule has 4 nitrogen and oxygen atoms in total. The van der Waals surface area contributed by atoms with Gasteiger partial charge in [0, 0.05) is 19.3 Å². The molecule has 0 aliphatic rings. The van der Waals surface area contributed by atoms with Gasteiger partial charge in [0.2, 0.25) is 0 Å². The Morgan fingerprint density at radius 3 is 2.88 bits per heavy atom. The summed E-state index contributed by atoms with van der Waals surface area (Å²) >= 11 is 5.91. The fraction of sp³-hybridized carbons (Fsp3) is 0.0909. The SMILES string of the molecule is Cn1ccc(Nc2cccc(Cl)c2C#N)n1. The molecule has 0 atom stereocenters. The molecule has 80 valence electrons. The van der Waals surface area contributed by atoms with Crippen molar-refractivity contribution in [3.8, 4) is 6.07 Å². The molecule has 0 amide bonds. The molecule has 16 heavy (non-hydrogen) atoms. The maximum Gasteiger partial charge on any atom is 0.152 e. The quantitative estimate of drug-likeness (QED) is 0.866. The molecular weight excluding hydrogens is 224 g/mol. The summed E-state index contributed by atoms with van der Waals surface area (Å²) in [5.74, 6) is 0.682. The number of nitriles is 1. The van der Waals surface area contributed by atoms with Gasteiger partial charge in [-0.3, -0.25) is 4.68 Å². The van der Waals surface area contributed by atoms with Crippen molar-refractivity contribution in [1.29, 1.82) is 5.26 Å². The second-order valence-corrected chi connectivity index (χ2v) is 3.68. The van der Waals surface area contributed by atoms with Crippen LogP contribution in [-0.2, 0) is 7.05 Å². The van der Waals surface area contributed by atoms with Crippen LogP contribution in [0.25, 0.3) is 0 Å². The monoisotopic (exact) mass is 232 g/mol. The van der Waals surface area contributed by atoms with Crippen LogP contribution < -0.4 is 5.32 Å². The molecule has 0 aliphatic heterocycles. The van der Waals surface area contributed by atoms with E-state index in [0.29, 0.717) is 22.1 Å². The lowest BCUT2D eigenvalue weighted by Crippen LogP contribution is -1.96. The maximum atomic E-state index is 8.98. The van der Waals surface area contributed by atoms with E-state index in [2.05, 4.69) is 16.5 Å². The number of halogens is 1. The summed E-state index contributed by atoms with van der Waals surface area (Å²) in [7, 11) is 1.83. The molecule has 0 fully saturated rings. The van der Waals surface area contributed by atoms with Crippen LogP contribution in [0.1, 0.15) is 5.56 Å². The molecule has 0 saturated carbocycles. The average molecular weight is 233 g/mol. The molecule has 2 aromatic rings. The predicted octanol–water partition coefficient (Wildman–Crippen LogP) is 2.69. The fourth-order valence-corrected chi connectivity index (χ4v) is 1.58. The van der Waals surface area contributed by atoms with E-state index in [1.165, 1.54) is 0 Å². The van der Waals surface area contributed by atoms with Crippen LogP contribution in [0.3, 0.4) is 0 Å². The summed E-state index contributed by atoms with van der Waals surface area (Å²) in [5, 5.41) is 16.6. The van der Waals surface area contributed by atoms with E-state index in [1.807, 2.05) is 19.3 Å². The highest BCUT2D eigenvalue weighted by Gasteiger charge is 2.07. The highest BCUT2D eigenvalue weighted by Crippen LogP contribution is 2.25. The molecule has 1 heterocycles. The van der Waals surface area contributed by atoms with E-state index in [-0.39, 0.29) is 0 Å². The van der Waals surface area contributed by atoms with Crippen molar-refractivity contribution >= 4 is 23.1 Å². The number of nitrogens with one attached hydrogen (secondary N) is 1. The van der Waals surface area contributed by atoms with E-state index in [0.717, 1.165) is 0 Å². The Morgan fingerprint density at radius 1 is 1.44 bits per heavy atom. The lowest BCUT2D eigenvalue weighted by molar-refractivity contribution is 0.771. The Labute approximate surface area is 98.1 Å². The largest absolute Gasteiger partial charge is 0.338 e. The van der Waals surface area contributed by atoms with Gasteiger partial charge in [0.05, 0.1) is 16.3 Å². The molecule has 0 aliphatic carbocycles. The van der Waals surface area contributed by atoms with E-state index >= 15 is 0 Å². The first kappa shape index (κ1) is 10.5. The van der Waals surface area contributed by atoms with Gasteiger partial charge in [-0.25, -0.2) is 0 Å². The minimum atomic E-state index is 0.426. The molecule has 1 aromatic carbocycles. The van der Waals surface area contributed by atoms with E-state index in [9.17, 15) is 0 Å². The van der Waals surface area contributed by atoms with Crippen molar-refractivity contribution in [2.75, 3.05) is 5.32 Å². The third kappa shape index (κ3) is 2.00. The number of rotatable bonds is 2. The Balaban J connectivity index is 2.35. The van der Waals surface area contributed by atoms with Crippen molar-refractivity contribution in [2.24, 2.45) is 7.05 Å². The average Bonchev–Trinajstić information content (AvgIpc) is 2.64. The number of hydrogen-bond donors (Lipinski definition) is 1. The molecule has 2 rings (SSSR count). The molecule has 1 N–H and O–H groups in total. The smallest absolute Gasteiger partial charge is 0.152 e. The highest BCUT2D eigenvalue weighted by atomic mass is 35.5. The number of hydrogen-bond acceptors (Lipinski definition) is 3. The van der Waals surface area contributed by atoms with Crippen LogP contribution in [0.15, 0.2) is 30.5 Å². The van der Waals surface area contributed by atoms with Crippen molar-refractivity contribution in [2.45, 2.75) is 0 Å². The second kappa shape index (κ2) is 4.25. The number of nitrogens with zero attached hydrogens (tertiary/aromatic N) is 3. The Morgan fingerprint density at radius 2 is 2.25 bits per heavy atom. The van der Waals surface area contributed by atoms with Crippen LogP contribution in [0.4, 0.5) is 11.5 Å². The summed E-state index contributed by atoms with van der Waals surface area (Å²) in [6, 6.07) is 9.14. The molecule has 5 heteroatoms. The lowest BCUT2D eigenvalue weighted by atomic mass is 10.2.